The molecule has 0 saturated heterocycles. The molecule has 2 amide bonds. The number of amides is 2. The first-order chi connectivity index (χ1) is 19.3. The Morgan fingerprint density at radius 3 is 2.58 bits per heavy atom. The number of aromatic nitrogens is 1. The minimum atomic E-state index is -0.470. The van der Waals surface area contributed by atoms with E-state index in [-0.39, 0.29) is 41.9 Å². The fourth-order valence-corrected chi connectivity index (χ4v) is 4.88. The highest BCUT2D eigenvalue weighted by atomic mass is 19.1. The van der Waals surface area contributed by atoms with E-state index < -0.39 is 5.91 Å². The van der Waals surface area contributed by atoms with Crippen molar-refractivity contribution in [3.63, 3.8) is 0 Å². The van der Waals surface area contributed by atoms with Crippen molar-refractivity contribution in [2.24, 2.45) is 5.92 Å². The fraction of sp³-hybridized carbons (Fsp3) is 0.281. The standard InChI is InChI=1S/C32H32FN3O4/c1-20(2)16-30(37)36-15-14-22-8-13-26(17-27(22)31(36)23-6-4-21(3)5-7-23)39-19-29-35-28(18-40-29)32(38)34-25-11-9-24(33)10-12-25/h4-13,17-18,20,31H,14-16,19H2,1-3H3,(H,34,38). The summed E-state index contributed by atoms with van der Waals surface area (Å²) in [4.78, 5) is 32.0. The van der Waals surface area contributed by atoms with E-state index in [1.54, 1.807) is 0 Å². The number of carbonyl (C=O) groups excluding carboxylic acids is 2. The molecule has 0 aliphatic carbocycles. The van der Waals surface area contributed by atoms with Gasteiger partial charge in [0.05, 0.1) is 6.04 Å². The Morgan fingerprint density at radius 1 is 1.10 bits per heavy atom. The van der Waals surface area contributed by atoms with Gasteiger partial charge in [0.2, 0.25) is 11.8 Å². The second-order valence-electron chi connectivity index (χ2n) is 10.5. The number of aryl methyl sites for hydroxylation is 1. The number of oxazole rings is 1. The van der Waals surface area contributed by atoms with Crippen LogP contribution >= 0.6 is 0 Å². The Labute approximate surface area is 233 Å². The average molecular weight is 542 g/mol. The minimum Gasteiger partial charge on any atom is -0.484 e. The number of rotatable bonds is 8. The Morgan fingerprint density at radius 2 is 1.85 bits per heavy atom. The first-order valence-electron chi connectivity index (χ1n) is 13.4. The van der Waals surface area contributed by atoms with Crippen LogP contribution in [0, 0.1) is 18.7 Å². The van der Waals surface area contributed by atoms with Crippen molar-refractivity contribution in [1.82, 2.24) is 9.88 Å². The molecule has 2 heterocycles. The maximum atomic E-state index is 13.3. The summed E-state index contributed by atoms with van der Waals surface area (Å²) in [6, 6.07) is 19.5. The van der Waals surface area contributed by atoms with Gasteiger partial charge in [-0.1, -0.05) is 49.7 Å². The highest BCUT2D eigenvalue weighted by Crippen LogP contribution is 2.38. The third kappa shape index (κ3) is 6.22. The van der Waals surface area contributed by atoms with Crippen molar-refractivity contribution >= 4 is 17.5 Å². The van der Waals surface area contributed by atoms with E-state index in [2.05, 4.69) is 48.4 Å². The Hall–Kier alpha value is -4.46. The van der Waals surface area contributed by atoms with Crippen LogP contribution < -0.4 is 10.1 Å². The summed E-state index contributed by atoms with van der Waals surface area (Å²) in [6.45, 7) is 6.85. The Kier molecular flexibility index (Phi) is 7.96. The fourth-order valence-electron chi connectivity index (χ4n) is 4.88. The molecule has 0 spiro atoms. The second kappa shape index (κ2) is 11.7. The lowest BCUT2D eigenvalue weighted by atomic mass is 9.87. The van der Waals surface area contributed by atoms with Crippen LogP contribution in [-0.2, 0) is 17.8 Å². The lowest BCUT2D eigenvalue weighted by Crippen LogP contribution is -2.41. The zero-order valence-corrected chi connectivity index (χ0v) is 22.8. The second-order valence-corrected chi connectivity index (χ2v) is 10.5. The van der Waals surface area contributed by atoms with Crippen LogP contribution in [0.2, 0.25) is 0 Å². The maximum absolute atomic E-state index is 13.3. The number of anilines is 1. The summed E-state index contributed by atoms with van der Waals surface area (Å²) in [5.74, 6) is 0.411. The summed E-state index contributed by atoms with van der Waals surface area (Å²) in [5.41, 5.74) is 4.98. The van der Waals surface area contributed by atoms with Gasteiger partial charge < -0.3 is 19.4 Å². The molecule has 0 saturated carbocycles. The Balaban J connectivity index is 1.33. The van der Waals surface area contributed by atoms with Crippen LogP contribution in [0.1, 0.15) is 64.9 Å². The van der Waals surface area contributed by atoms with E-state index in [0.29, 0.717) is 24.4 Å². The molecule has 0 fully saturated rings. The number of nitrogens with zero attached hydrogens (tertiary/aromatic N) is 2. The first kappa shape index (κ1) is 27.1. The maximum Gasteiger partial charge on any atom is 0.277 e. The largest absolute Gasteiger partial charge is 0.484 e. The summed E-state index contributed by atoms with van der Waals surface area (Å²) < 4.78 is 24.6. The molecule has 3 aromatic carbocycles. The molecule has 206 valence electrons. The summed E-state index contributed by atoms with van der Waals surface area (Å²) >= 11 is 0. The third-order valence-corrected chi connectivity index (χ3v) is 6.89. The van der Waals surface area contributed by atoms with Crippen molar-refractivity contribution in [3.8, 4) is 5.75 Å². The van der Waals surface area contributed by atoms with E-state index in [0.717, 1.165) is 23.1 Å². The van der Waals surface area contributed by atoms with Gasteiger partial charge in [-0.2, -0.15) is 0 Å². The monoisotopic (exact) mass is 541 g/mol. The molecule has 5 rings (SSSR count). The zero-order chi connectivity index (χ0) is 28.2. The number of hydrogen-bond donors (Lipinski definition) is 1. The number of benzene rings is 3. The molecule has 1 aliphatic rings. The molecular formula is C32H32FN3O4. The van der Waals surface area contributed by atoms with Crippen LogP contribution in [-0.4, -0.2) is 28.2 Å². The lowest BCUT2D eigenvalue weighted by molar-refractivity contribution is -0.134. The third-order valence-electron chi connectivity index (χ3n) is 6.89. The smallest absolute Gasteiger partial charge is 0.277 e. The molecule has 8 heteroatoms. The Bertz CT molecular complexity index is 1500. The van der Waals surface area contributed by atoms with E-state index in [1.165, 1.54) is 36.1 Å². The minimum absolute atomic E-state index is 0.0216. The normalized spacial score (nSPS) is 14.6. The van der Waals surface area contributed by atoms with Gasteiger partial charge in [-0.25, -0.2) is 9.37 Å². The van der Waals surface area contributed by atoms with Gasteiger partial charge in [0.25, 0.3) is 5.91 Å². The first-order valence-corrected chi connectivity index (χ1v) is 13.4. The van der Waals surface area contributed by atoms with Crippen molar-refractivity contribution < 1.29 is 23.1 Å². The van der Waals surface area contributed by atoms with Gasteiger partial charge in [0.15, 0.2) is 12.3 Å². The molecule has 1 unspecified atom stereocenters. The van der Waals surface area contributed by atoms with E-state index in [9.17, 15) is 14.0 Å². The molecule has 1 aromatic heterocycles. The highest BCUT2D eigenvalue weighted by Gasteiger charge is 2.32. The van der Waals surface area contributed by atoms with E-state index in [4.69, 9.17) is 9.15 Å². The predicted octanol–water partition coefficient (Wildman–Crippen LogP) is 6.47. The number of ether oxygens (including phenoxy) is 1. The molecule has 0 radical (unpaired) electrons. The lowest BCUT2D eigenvalue weighted by Gasteiger charge is -2.38. The number of hydrogen-bond acceptors (Lipinski definition) is 5. The average Bonchev–Trinajstić information content (AvgIpc) is 3.42. The summed E-state index contributed by atoms with van der Waals surface area (Å²) in [7, 11) is 0. The number of halogens is 1. The molecule has 40 heavy (non-hydrogen) atoms. The van der Waals surface area contributed by atoms with Gasteiger partial charge in [0, 0.05) is 18.7 Å². The van der Waals surface area contributed by atoms with E-state index >= 15 is 0 Å². The molecule has 1 atom stereocenters. The van der Waals surface area contributed by atoms with Crippen LogP contribution in [0.3, 0.4) is 0 Å². The predicted molar refractivity (Wildman–Crippen MR) is 150 cm³/mol. The zero-order valence-electron chi connectivity index (χ0n) is 22.8. The molecule has 4 aromatic rings. The van der Waals surface area contributed by atoms with Crippen LogP contribution in [0.15, 0.2) is 77.4 Å². The van der Waals surface area contributed by atoms with Gasteiger partial charge in [-0.3, -0.25) is 9.59 Å². The summed E-state index contributed by atoms with van der Waals surface area (Å²) in [6.07, 6.45) is 2.53. The van der Waals surface area contributed by atoms with Crippen LogP contribution in [0.5, 0.6) is 5.75 Å². The summed E-state index contributed by atoms with van der Waals surface area (Å²) in [5, 5.41) is 2.65. The molecular weight excluding hydrogens is 509 g/mol. The van der Waals surface area contributed by atoms with Gasteiger partial charge in [0.1, 0.15) is 17.8 Å². The van der Waals surface area contributed by atoms with Gasteiger partial charge >= 0.3 is 0 Å². The van der Waals surface area contributed by atoms with Crippen molar-refractivity contribution in [1.29, 1.82) is 0 Å². The molecule has 1 aliphatic heterocycles. The van der Waals surface area contributed by atoms with Crippen LogP contribution in [0.4, 0.5) is 10.1 Å². The number of carbonyl (C=O) groups is 2. The molecule has 0 bridgehead atoms. The van der Waals surface area contributed by atoms with E-state index in [1.807, 2.05) is 30.0 Å². The number of fused-ring (bicyclic) bond motifs is 1. The molecule has 7 nitrogen and oxygen atoms in total. The molecule has 1 N–H and O–H groups in total. The van der Waals surface area contributed by atoms with Crippen molar-refractivity contribution in [2.75, 3.05) is 11.9 Å². The van der Waals surface area contributed by atoms with Crippen molar-refractivity contribution in [2.45, 2.75) is 46.3 Å². The highest BCUT2D eigenvalue weighted by molar-refractivity contribution is 6.02. The van der Waals surface area contributed by atoms with Gasteiger partial charge in [-0.15, -0.1) is 0 Å². The SMILES string of the molecule is Cc1ccc(C2c3cc(OCc4nc(C(=O)Nc5ccc(F)cc5)co4)ccc3CCN2C(=O)CC(C)C)cc1. The quantitative estimate of drug-likeness (QED) is 0.276. The van der Waals surface area contributed by atoms with Gasteiger partial charge in [-0.05, 0) is 72.4 Å². The van der Waals surface area contributed by atoms with Crippen LogP contribution in [0.25, 0.3) is 0 Å². The number of nitrogens with one attached hydrogen (secondary N) is 1. The van der Waals surface area contributed by atoms with Crippen molar-refractivity contribution in [3.05, 3.63) is 113 Å². The topological polar surface area (TPSA) is 84.7 Å².